The molecule has 0 amide bonds. The summed E-state index contributed by atoms with van der Waals surface area (Å²) in [6.45, 7) is 5.99. The van der Waals surface area contributed by atoms with Gasteiger partial charge in [-0.05, 0) is 42.0 Å². The van der Waals surface area contributed by atoms with E-state index in [9.17, 15) is 4.79 Å². The van der Waals surface area contributed by atoms with E-state index in [1.54, 1.807) is 6.07 Å². The molecule has 23 heavy (non-hydrogen) atoms. The number of ether oxygens (including phenoxy) is 2. The summed E-state index contributed by atoms with van der Waals surface area (Å²) in [5.74, 6) is 1.60. The van der Waals surface area contributed by atoms with Gasteiger partial charge in [-0.2, -0.15) is 0 Å². The minimum atomic E-state index is -2.52. The molecular weight excluding hydrogens is 290 g/mol. The topological polar surface area (TPSA) is 38.8 Å². The van der Waals surface area contributed by atoms with Crippen LogP contribution in [0.4, 0.5) is 0 Å². The predicted octanol–water partition coefficient (Wildman–Crippen LogP) is 3.24. The van der Waals surface area contributed by atoms with Crippen LogP contribution in [-0.4, -0.2) is 37.9 Å². The Bertz CT molecular complexity index is 687. The van der Waals surface area contributed by atoms with Crippen LogP contribution >= 0.6 is 0 Å². The molecule has 4 nitrogen and oxygen atoms in total. The number of methoxy groups -OCH3 is 2. The minimum absolute atomic E-state index is 0.0466. The van der Waals surface area contributed by atoms with E-state index in [4.69, 9.17) is 13.6 Å². The number of hydrogen-bond acceptors (Lipinski definition) is 4. The van der Waals surface area contributed by atoms with E-state index in [1.165, 1.54) is 7.11 Å². The van der Waals surface area contributed by atoms with Crippen molar-refractivity contribution in [2.75, 3.05) is 27.2 Å². The fraction of sp³-hybridized carbons (Fsp3) is 0.632. The monoisotopic (exact) mass is 320 g/mol. The lowest BCUT2D eigenvalue weighted by atomic mass is 9.80. The summed E-state index contributed by atoms with van der Waals surface area (Å²) in [5.41, 5.74) is 2.10. The molecule has 0 aromatic heterocycles. The summed E-state index contributed by atoms with van der Waals surface area (Å²) < 4.78 is 32.5. The Morgan fingerprint density at radius 3 is 2.83 bits per heavy atom. The first-order chi connectivity index (χ1) is 12.2. The molecule has 0 bridgehead atoms. The first-order valence-corrected chi connectivity index (χ1v) is 8.34. The van der Waals surface area contributed by atoms with Gasteiger partial charge in [-0.1, -0.05) is 13.8 Å². The summed E-state index contributed by atoms with van der Waals surface area (Å²) in [6, 6.07) is 3.66. The maximum Gasteiger partial charge on any atom is 0.161 e. The van der Waals surface area contributed by atoms with Gasteiger partial charge in [-0.15, -0.1) is 0 Å². The van der Waals surface area contributed by atoms with Crippen LogP contribution in [0.5, 0.6) is 11.5 Å². The zero-order chi connectivity index (χ0) is 19.1. The molecule has 0 N–H and O–H groups in total. The highest BCUT2D eigenvalue weighted by molar-refractivity contribution is 5.83. The minimum Gasteiger partial charge on any atom is -0.493 e. The Balaban J connectivity index is 1.88. The molecular formula is C19H27NO3. The number of fused-ring (bicyclic) bond motifs is 3. The number of rotatable bonds is 4. The molecule has 1 aromatic carbocycles. The normalized spacial score (nSPS) is 26.8. The smallest absolute Gasteiger partial charge is 0.161 e. The first kappa shape index (κ1) is 12.8. The molecule has 126 valence electrons. The van der Waals surface area contributed by atoms with E-state index in [0.29, 0.717) is 23.9 Å². The third-order valence-electron chi connectivity index (χ3n) is 5.06. The average Bonchev–Trinajstić information content (AvgIpc) is 2.53. The maximum atomic E-state index is 12.6. The van der Waals surface area contributed by atoms with Gasteiger partial charge in [0.05, 0.1) is 18.3 Å². The Hall–Kier alpha value is -1.55. The first-order valence-electron chi connectivity index (χ1n) is 9.84. The fourth-order valence-electron chi connectivity index (χ4n) is 3.98. The van der Waals surface area contributed by atoms with Gasteiger partial charge in [0.2, 0.25) is 0 Å². The zero-order valence-corrected chi connectivity index (χ0v) is 14.1. The highest BCUT2D eigenvalue weighted by atomic mass is 16.5. The van der Waals surface area contributed by atoms with Gasteiger partial charge in [-0.3, -0.25) is 9.69 Å². The lowest BCUT2D eigenvalue weighted by Crippen LogP contribution is -2.46. The third kappa shape index (κ3) is 3.09. The van der Waals surface area contributed by atoms with Gasteiger partial charge in [0.1, 0.15) is 5.78 Å². The summed E-state index contributed by atoms with van der Waals surface area (Å²) in [5, 5.41) is 0. The quantitative estimate of drug-likeness (QED) is 0.854. The van der Waals surface area contributed by atoms with Crippen molar-refractivity contribution in [2.45, 2.75) is 39.2 Å². The van der Waals surface area contributed by atoms with Crippen LogP contribution in [0, 0.1) is 11.8 Å². The number of hydrogen-bond donors (Lipinski definition) is 0. The molecule has 2 aliphatic rings. The molecule has 2 heterocycles. The second-order valence-corrected chi connectivity index (χ2v) is 7.06. The van der Waals surface area contributed by atoms with Crippen LogP contribution in [0.1, 0.15) is 48.0 Å². The maximum absolute atomic E-state index is 12.6. The van der Waals surface area contributed by atoms with E-state index in [1.807, 2.05) is 6.07 Å². The summed E-state index contributed by atoms with van der Waals surface area (Å²) >= 11 is 0. The number of piperidine rings is 1. The molecule has 2 aliphatic heterocycles. The summed E-state index contributed by atoms with van der Waals surface area (Å²) in [6.07, 6.45) is 2.26. The van der Waals surface area contributed by atoms with Crippen molar-refractivity contribution in [3.8, 4) is 11.5 Å². The van der Waals surface area contributed by atoms with E-state index < -0.39 is 7.04 Å². The Morgan fingerprint density at radius 1 is 1.35 bits per heavy atom. The average molecular weight is 320 g/mol. The van der Waals surface area contributed by atoms with Crippen molar-refractivity contribution in [2.24, 2.45) is 11.8 Å². The van der Waals surface area contributed by atoms with Crippen LogP contribution in [0.2, 0.25) is 0 Å². The van der Waals surface area contributed by atoms with Gasteiger partial charge in [-0.25, -0.2) is 0 Å². The van der Waals surface area contributed by atoms with Crippen LogP contribution in [0.25, 0.3) is 0 Å². The second kappa shape index (κ2) is 6.52. The standard InChI is InChI=1S/C19H27NO3/c1-12(2)7-14-11-20-6-5-13-8-18(22-3)19(23-4)9-15(13)16(20)10-17(14)21/h8-9,12,14,16H,5-7,10-11H2,1-4H3/t14-,16-/m0/s1/i3D3. The second-order valence-electron chi connectivity index (χ2n) is 7.06. The van der Waals surface area contributed by atoms with Crippen LogP contribution in [0.15, 0.2) is 12.1 Å². The molecule has 1 saturated heterocycles. The molecule has 0 unspecified atom stereocenters. The number of carbonyl (C=O) groups excluding carboxylic acids is 1. The highest BCUT2D eigenvalue weighted by Gasteiger charge is 2.38. The van der Waals surface area contributed by atoms with Crippen LogP contribution < -0.4 is 9.47 Å². The summed E-state index contributed by atoms with van der Waals surface area (Å²) in [7, 11) is -1.02. The van der Waals surface area contributed by atoms with Crippen LogP contribution in [-0.2, 0) is 11.2 Å². The third-order valence-corrected chi connectivity index (χ3v) is 5.06. The zero-order valence-electron chi connectivity index (χ0n) is 17.1. The number of carbonyl (C=O) groups is 1. The largest absolute Gasteiger partial charge is 0.493 e. The molecule has 0 aliphatic carbocycles. The van der Waals surface area contributed by atoms with Gasteiger partial charge < -0.3 is 9.47 Å². The lowest BCUT2D eigenvalue weighted by Gasteiger charge is -2.43. The van der Waals surface area contributed by atoms with Crippen molar-refractivity contribution in [3.63, 3.8) is 0 Å². The highest BCUT2D eigenvalue weighted by Crippen LogP contribution is 2.42. The number of benzene rings is 1. The Morgan fingerprint density at radius 2 is 2.13 bits per heavy atom. The van der Waals surface area contributed by atoms with Crippen molar-refractivity contribution in [1.29, 1.82) is 0 Å². The molecule has 4 heteroatoms. The molecule has 1 fully saturated rings. The molecule has 2 atom stereocenters. The van der Waals surface area contributed by atoms with Gasteiger partial charge in [0.15, 0.2) is 11.5 Å². The molecule has 1 aromatic rings. The summed E-state index contributed by atoms with van der Waals surface area (Å²) in [4.78, 5) is 15.0. The van der Waals surface area contributed by atoms with Gasteiger partial charge >= 0.3 is 0 Å². The Labute approximate surface area is 143 Å². The van der Waals surface area contributed by atoms with Crippen molar-refractivity contribution >= 4 is 5.78 Å². The van der Waals surface area contributed by atoms with E-state index in [0.717, 1.165) is 37.1 Å². The molecule has 0 spiro atoms. The lowest BCUT2D eigenvalue weighted by molar-refractivity contribution is -0.129. The molecule has 0 radical (unpaired) electrons. The van der Waals surface area contributed by atoms with E-state index in [2.05, 4.69) is 18.7 Å². The van der Waals surface area contributed by atoms with Crippen molar-refractivity contribution < 1.29 is 18.4 Å². The Kier molecular flexibility index (Phi) is 3.63. The van der Waals surface area contributed by atoms with Gasteiger partial charge in [0, 0.05) is 31.5 Å². The fourth-order valence-corrected chi connectivity index (χ4v) is 3.98. The van der Waals surface area contributed by atoms with Gasteiger partial charge in [0.25, 0.3) is 0 Å². The SMILES string of the molecule is [2H]C([2H])([2H])Oc1cc2c(cc1OC)[C@@H]1CC(=O)[C@@H](CC(C)C)CN1CC2. The number of Topliss-reactive ketones (excluding diaryl/α,β-unsaturated/α-hetero) is 1. The van der Waals surface area contributed by atoms with E-state index >= 15 is 0 Å². The van der Waals surface area contributed by atoms with E-state index in [-0.39, 0.29) is 17.7 Å². The number of nitrogens with zero attached hydrogens (tertiary/aromatic N) is 1. The van der Waals surface area contributed by atoms with Crippen molar-refractivity contribution in [3.05, 3.63) is 23.3 Å². The predicted molar refractivity (Wildman–Crippen MR) is 90.1 cm³/mol. The number of ketones is 1. The molecule has 3 rings (SSSR count). The van der Waals surface area contributed by atoms with Crippen molar-refractivity contribution in [1.82, 2.24) is 4.90 Å². The molecule has 0 saturated carbocycles. The van der Waals surface area contributed by atoms with Crippen LogP contribution in [0.3, 0.4) is 0 Å².